The summed E-state index contributed by atoms with van der Waals surface area (Å²) in [5.41, 5.74) is 6.59. The van der Waals surface area contributed by atoms with Gasteiger partial charge in [-0.3, -0.25) is 4.79 Å². The van der Waals surface area contributed by atoms with Crippen molar-refractivity contribution in [2.24, 2.45) is 5.92 Å². The van der Waals surface area contributed by atoms with E-state index in [2.05, 4.69) is 11.4 Å². The molecular formula is C15H19N3O2. The second kappa shape index (κ2) is 6.29. The number of hydrogen-bond acceptors (Lipinski definition) is 4. The number of carbonyl (C=O) groups is 1. The molecule has 0 aliphatic heterocycles. The van der Waals surface area contributed by atoms with E-state index in [0.29, 0.717) is 17.0 Å². The van der Waals surface area contributed by atoms with Crippen molar-refractivity contribution in [3.8, 4) is 11.8 Å². The topological polar surface area (TPSA) is 88.1 Å². The van der Waals surface area contributed by atoms with E-state index >= 15 is 0 Å². The number of nitriles is 1. The number of amides is 1. The Morgan fingerprint density at radius 3 is 2.70 bits per heavy atom. The number of ether oxygens (including phenoxy) is 1. The van der Waals surface area contributed by atoms with Crippen LogP contribution >= 0.6 is 0 Å². The molecule has 1 aliphatic rings. The number of hydrogen-bond donors (Lipinski definition) is 2. The van der Waals surface area contributed by atoms with E-state index in [1.807, 2.05) is 0 Å². The first kappa shape index (κ1) is 14.2. The van der Waals surface area contributed by atoms with Gasteiger partial charge in [-0.1, -0.05) is 6.07 Å². The molecule has 0 atom stereocenters. The van der Waals surface area contributed by atoms with E-state index in [9.17, 15) is 4.79 Å². The molecule has 1 aromatic rings. The maximum Gasteiger partial charge on any atom is 0.222 e. The Hall–Kier alpha value is -2.22. The molecule has 1 aromatic carbocycles. The molecule has 0 aromatic heterocycles. The molecule has 2 rings (SSSR count). The zero-order valence-corrected chi connectivity index (χ0v) is 11.6. The fourth-order valence-corrected chi connectivity index (χ4v) is 2.59. The molecule has 1 fully saturated rings. The lowest BCUT2D eigenvalue weighted by Crippen LogP contribution is -2.33. The molecule has 0 spiro atoms. The SMILES string of the molecule is CNC(=O)[C@H]1CC[C@H](Oc2cccc(N)c2C#N)CC1. The molecule has 0 saturated heterocycles. The van der Waals surface area contributed by atoms with Gasteiger partial charge in [-0.05, 0) is 37.8 Å². The third-order valence-corrected chi connectivity index (χ3v) is 3.76. The van der Waals surface area contributed by atoms with Crippen molar-refractivity contribution >= 4 is 11.6 Å². The van der Waals surface area contributed by atoms with Gasteiger partial charge in [-0.25, -0.2) is 0 Å². The maximum absolute atomic E-state index is 11.6. The average molecular weight is 273 g/mol. The monoisotopic (exact) mass is 273 g/mol. The van der Waals surface area contributed by atoms with Crippen LogP contribution in [0.1, 0.15) is 31.2 Å². The lowest BCUT2D eigenvalue weighted by atomic mass is 9.87. The van der Waals surface area contributed by atoms with E-state index in [1.54, 1.807) is 25.2 Å². The highest BCUT2D eigenvalue weighted by Crippen LogP contribution is 2.30. The van der Waals surface area contributed by atoms with Crippen LogP contribution in [-0.4, -0.2) is 19.1 Å². The molecule has 1 saturated carbocycles. The van der Waals surface area contributed by atoms with E-state index in [1.165, 1.54) is 0 Å². The van der Waals surface area contributed by atoms with E-state index < -0.39 is 0 Å². The molecule has 5 heteroatoms. The molecule has 3 N–H and O–H groups in total. The Labute approximate surface area is 118 Å². The molecule has 0 heterocycles. The van der Waals surface area contributed by atoms with Gasteiger partial charge in [0.25, 0.3) is 0 Å². The highest BCUT2D eigenvalue weighted by molar-refractivity contribution is 5.78. The summed E-state index contributed by atoms with van der Waals surface area (Å²) in [6.07, 6.45) is 3.31. The van der Waals surface area contributed by atoms with Crippen LogP contribution in [0.15, 0.2) is 18.2 Å². The van der Waals surface area contributed by atoms with Crippen LogP contribution in [0.25, 0.3) is 0 Å². The van der Waals surface area contributed by atoms with Crippen molar-refractivity contribution < 1.29 is 9.53 Å². The van der Waals surface area contributed by atoms with E-state index in [-0.39, 0.29) is 17.9 Å². The number of nitrogens with zero attached hydrogens (tertiary/aromatic N) is 1. The average Bonchev–Trinajstić information content (AvgIpc) is 2.47. The minimum atomic E-state index is 0.0461. The summed E-state index contributed by atoms with van der Waals surface area (Å²) in [4.78, 5) is 11.6. The van der Waals surface area contributed by atoms with Crippen molar-refractivity contribution in [1.82, 2.24) is 5.32 Å². The minimum Gasteiger partial charge on any atom is -0.489 e. The minimum absolute atomic E-state index is 0.0461. The second-order valence-corrected chi connectivity index (χ2v) is 5.04. The smallest absolute Gasteiger partial charge is 0.222 e. The summed E-state index contributed by atoms with van der Waals surface area (Å²) in [5.74, 6) is 0.720. The van der Waals surface area contributed by atoms with E-state index in [4.69, 9.17) is 15.7 Å². The largest absolute Gasteiger partial charge is 0.489 e. The standard InChI is InChI=1S/C15H19N3O2/c1-18-15(19)10-5-7-11(8-6-10)20-14-4-2-3-13(17)12(14)9-16/h2-4,10-11H,5-8,17H2,1H3,(H,18,19)/t10-,11-. The lowest BCUT2D eigenvalue weighted by molar-refractivity contribution is -0.125. The molecule has 20 heavy (non-hydrogen) atoms. The second-order valence-electron chi connectivity index (χ2n) is 5.04. The van der Waals surface area contributed by atoms with Crippen molar-refractivity contribution in [1.29, 1.82) is 5.26 Å². The quantitative estimate of drug-likeness (QED) is 0.822. The van der Waals surface area contributed by atoms with Gasteiger partial charge in [0, 0.05) is 13.0 Å². The van der Waals surface area contributed by atoms with Crippen LogP contribution in [0.2, 0.25) is 0 Å². The summed E-state index contributed by atoms with van der Waals surface area (Å²) >= 11 is 0. The van der Waals surface area contributed by atoms with Crippen LogP contribution in [0.4, 0.5) is 5.69 Å². The highest BCUT2D eigenvalue weighted by atomic mass is 16.5. The summed E-state index contributed by atoms with van der Waals surface area (Å²) < 4.78 is 5.89. The fourth-order valence-electron chi connectivity index (χ4n) is 2.59. The third-order valence-electron chi connectivity index (χ3n) is 3.76. The van der Waals surface area contributed by atoms with Gasteiger partial charge in [0.15, 0.2) is 0 Å². The van der Waals surface area contributed by atoms with Crippen LogP contribution in [0, 0.1) is 17.2 Å². The van der Waals surface area contributed by atoms with Crippen molar-refractivity contribution in [3.05, 3.63) is 23.8 Å². The van der Waals surface area contributed by atoms with Crippen molar-refractivity contribution in [2.75, 3.05) is 12.8 Å². The number of nitrogen functional groups attached to an aromatic ring is 1. The number of benzene rings is 1. The van der Waals surface area contributed by atoms with Crippen LogP contribution in [0.5, 0.6) is 5.75 Å². The zero-order valence-electron chi connectivity index (χ0n) is 11.6. The molecule has 1 amide bonds. The molecule has 1 aliphatic carbocycles. The van der Waals surface area contributed by atoms with E-state index in [0.717, 1.165) is 25.7 Å². The first-order valence-electron chi connectivity index (χ1n) is 6.82. The van der Waals surface area contributed by atoms with Gasteiger partial charge < -0.3 is 15.8 Å². The van der Waals surface area contributed by atoms with Crippen LogP contribution < -0.4 is 15.8 Å². The van der Waals surface area contributed by atoms with Gasteiger partial charge >= 0.3 is 0 Å². The Bertz CT molecular complexity index is 528. The van der Waals surface area contributed by atoms with Gasteiger partial charge in [0.05, 0.1) is 11.8 Å². The summed E-state index contributed by atoms with van der Waals surface area (Å²) in [7, 11) is 1.66. The van der Waals surface area contributed by atoms with Gasteiger partial charge in [-0.2, -0.15) is 5.26 Å². The molecular weight excluding hydrogens is 254 g/mol. The predicted octanol–water partition coefficient (Wildman–Crippen LogP) is 1.82. The first-order valence-corrected chi connectivity index (χ1v) is 6.82. The number of nitrogens with one attached hydrogen (secondary N) is 1. The Balaban J connectivity index is 1.98. The fraction of sp³-hybridized carbons (Fsp3) is 0.467. The summed E-state index contributed by atoms with van der Waals surface area (Å²) in [5, 5.41) is 11.8. The zero-order chi connectivity index (χ0) is 14.5. The van der Waals surface area contributed by atoms with Crippen LogP contribution in [0.3, 0.4) is 0 Å². The molecule has 106 valence electrons. The molecule has 0 unspecified atom stereocenters. The normalized spacial score (nSPS) is 21.8. The summed E-state index contributed by atoms with van der Waals surface area (Å²) in [6.45, 7) is 0. The molecule has 0 bridgehead atoms. The van der Waals surface area contributed by atoms with Gasteiger partial charge in [-0.15, -0.1) is 0 Å². The number of nitrogens with two attached hydrogens (primary N) is 1. The highest BCUT2D eigenvalue weighted by Gasteiger charge is 2.27. The lowest BCUT2D eigenvalue weighted by Gasteiger charge is -2.28. The predicted molar refractivity (Wildman–Crippen MR) is 76.0 cm³/mol. The molecule has 5 nitrogen and oxygen atoms in total. The number of anilines is 1. The maximum atomic E-state index is 11.6. The Morgan fingerprint density at radius 1 is 1.40 bits per heavy atom. The Morgan fingerprint density at radius 2 is 2.10 bits per heavy atom. The number of carbonyl (C=O) groups excluding carboxylic acids is 1. The van der Waals surface area contributed by atoms with Crippen molar-refractivity contribution in [3.63, 3.8) is 0 Å². The third kappa shape index (κ3) is 3.02. The first-order chi connectivity index (χ1) is 9.65. The van der Waals surface area contributed by atoms with Gasteiger partial charge in [0.2, 0.25) is 5.91 Å². The number of rotatable bonds is 3. The van der Waals surface area contributed by atoms with Crippen molar-refractivity contribution in [2.45, 2.75) is 31.8 Å². The van der Waals surface area contributed by atoms with Crippen LogP contribution in [-0.2, 0) is 4.79 Å². The molecule has 0 radical (unpaired) electrons. The Kier molecular flexibility index (Phi) is 4.46. The van der Waals surface area contributed by atoms with Gasteiger partial charge in [0.1, 0.15) is 17.4 Å². The summed E-state index contributed by atoms with van der Waals surface area (Å²) in [6, 6.07) is 7.31.